The Morgan fingerprint density at radius 3 is 1.94 bits per heavy atom. The molecule has 1 aliphatic rings. The summed E-state index contributed by atoms with van der Waals surface area (Å²) in [5.41, 5.74) is 4.48. The number of aromatic amines is 1. The molecule has 0 radical (unpaired) electrons. The molecule has 4 heteroatoms. The molecule has 35 heavy (non-hydrogen) atoms. The number of aryl methyl sites for hydroxylation is 1. The van der Waals surface area contributed by atoms with Crippen molar-refractivity contribution in [3.63, 3.8) is 0 Å². The zero-order valence-corrected chi connectivity index (χ0v) is 23.3. The average molecular weight is 487 g/mol. The third kappa shape index (κ3) is 9.25. The van der Waals surface area contributed by atoms with Crippen LogP contribution in [0.4, 0.5) is 8.78 Å². The van der Waals surface area contributed by atoms with Gasteiger partial charge in [-0.3, -0.25) is 0 Å². The standard InChI is InChI=1S/C21H22F2N2.2C3H8.C2H6.C2H4/c1-12-7-17-19(15-9-13(10-15)11-24-2)20(25-21(17)18(23)8-12)14-3-5-16(22)6-4-14;2*1-3-2;2*1-2/h3-8,13,15,24-25H,9-11H2,1-2H3;2*3H2,1-2H3;1-2H3;1-2H2. The molecule has 196 valence electrons. The lowest BCUT2D eigenvalue weighted by molar-refractivity contribution is 0.261. The molecule has 0 aliphatic heterocycles. The molecule has 2 nitrogen and oxygen atoms in total. The number of aromatic nitrogens is 1. The molecule has 0 amide bonds. The van der Waals surface area contributed by atoms with E-state index in [1.54, 1.807) is 18.2 Å². The van der Waals surface area contributed by atoms with E-state index < -0.39 is 0 Å². The monoisotopic (exact) mass is 486 g/mol. The summed E-state index contributed by atoms with van der Waals surface area (Å²) in [4.78, 5) is 3.28. The summed E-state index contributed by atoms with van der Waals surface area (Å²) in [6.07, 6.45) is 4.69. The fourth-order valence-electron chi connectivity index (χ4n) is 4.10. The van der Waals surface area contributed by atoms with Crippen molar-refractivity contribution in [3.8, 4) is 11.3 Å². The van der Waals surface area contributed by atoms with Gasteiger partial charge >= 0.3 is 0 Å². The summed E-state index contributed by atoms with van der Waals surface area (Å²) in [6, 6.07) is 10.0. The average Bonchev–Trinajstić information content (AvgIpc) is 3.19. The van der Waals surface area contributed by atoms with Gasteiger partial charge in [0.05, 0.1) is 11.2 Å². The van der Waals surface area contributed by atoms with Crippen LogP contribution in [0.5, 0.6) is 0 Å². The number of halogens is 2. The Balaban J connectivity index is 0.00000102. The van der Waals surface area contributed by atoms with E-state index in [0.29, 0.717) is 17.4 Å². The molecular formula is C31H48F2N2. The van der Waals surface area contributed by atoms with Crippen molar-refractivity contribution in [1.29, 1.82) is 0 Å². The molecule has 3 aromatic rings. The minimum absolute atomic E-state index is 0.226. The van der Waals surface area contributed by atoms with E-state index in [9.17, 15) is 8.78 Å². The second-order valence-electron chi connectivity index (χ2n) is 8.60. The Bertz CT molecular complexity index is 952. The van der Waals surface area contributed by atoms with Gasteiger partial charge in [0.1, 0.15) is 11.6 Å². The zero-order chi connectivity index (χ0) is 27.0. The van der Waals surface area contributed by atoms with E-state index in [1.807, 2.05) is 27.8 Å². The molecule has 1 saturated carbocycles. The Morgan fingerprint density at radius 1 is 0.943 bits per heavy atom. The summed E-state index contributed by atoms with van der Waals surface area (Å²) < 4.78 is 27.8. The van der Waals surface area contributed by atoms with Crippen LogP contribution in [0.15, 0.2) is 49.6 Å². The van der Waals surface area contributed by atoms with E-state index in [-0.39, 0.29) is 11.6 Å². The molecular weight excluding hydrogens is 438 g/mol. The third-order valence-corrected chi connectivity index (χ3v) is 5.31. The molecule has 0 spiro atoms. The minimum Gasteiger partial charge on any atom is -0.352 e. The van der Waals surface area contributed by atoms with Crippen molar-refractivity contribution in [3.05, 3.63) is 72.3 Å². The third-order valence-electron chi connectivity index (χ3n) is 5.31. The lowest BCUT2D eigenvalue weighted by atomic mass is 9.70. The number of H-pyrrole nitrogens is 1. The van der Waals surface area contributed by atoms with Gasteiger partial charge in [-0.25, -0.2) is 8.78 Å². The molecule has 4 rings (SSSR count). The predicted molar refractivity (Wildman–Crippen MR) is 152 cm³/mol. The molecule has 1 heterocycles. The topological polar surface area (TPSA) is 27.8 Å². The summed E-state index contributed by atoms with van der Waals surface area (Å²) in [5.74, 6) is 0.584. The Hall–Kier alpha value is -2.46. The fraction of sp³-hybridized carbons (Fsp3) is 0.484. The van der Waals surface area contributed by atoms with E-state index in [0.717, 1.165) is 41.6 Å². The van der Waals surface area contributed by atoms with Gasteiger partial charge in [-0.2, -0.15) is 0 Å². The van der Waals surface area contributed by atoms with E-state index in [4.69, 9.17) is 0 Å². The Morgan fingerprint density at radius 2 is 1.46 bits per heavy atom. The second kappa shape index (κ2) is 17.9. The molecule has 1 fully saturated rings. The number of benzene rings is 2. The van der Waals surface area contributed by atoms with Crippen molar-refractivity contribution in [2.45, 2.75) is 80.1 Å². The SMILES string of the molecule is C=C.CC.CCC.CCC.CNCC1CC(c2c(-c3ccc(F)cc3)[nH]c3c(F)cc(C)cc23)C1. The van der Waals surface area contributed by atoms with Crippen LogP contribution in [0, 0.1) is 24.5 Å². The minimum atomic E-state index is -0.263. The maximum Gasteiger partial charge on any atom is 0.147 e. The van der Waals surface area contributed by atoms with Crippen LogP contribution in [0.3, 0.4) is 0 Å². The highest BCUT2D eigenvalue weighted by atomic mass is 19.1. The fourth-order valence-corrected chi connectivity index (χ4v) is 4.10. The highest BCUT2D eigenvalue weighted by molar-refractivity contribution is 5.92. The van der Waals surface area contributed by atoms with E-state index >= 15 is 0 Å². The first kappa shape index (κ1) is 32.5. The van der Waals surface area contributed by atoms with Gasteiger partial charge in [-0.05, 0) is 98.3 Å². The number of rotatable bonds is 4. The van der Waals surface area contributed by atoms with Gasteiger partial charge in [-0.1, -0.05) is 54.4 Å². The van der Waals surface area contributed by atoms with Crippen molar-refractivity contribution in [2.24, 2.45) is 5.92 Å². The van der Waals surface area contributed by atoms with E-state index in [2.05, 4.69) is 57.2 Å². The number of hydrogen-bond acceptors (Lipinski definition) is 1. The summed E-state index contributed by atoms with van der Waals surface area (Å²) in [7, 11) is 1.97. The highest BCUT2D eigenvalue weighted by Gasteiger charge is 2.34. The van der Waals surface area contributed by atoms with Crippen LogP contribution in [0.25, 0.3) is 22.2 Å². The van der Waals surface area contributed by atoms with Crippen molar-refractivity contribution >= 4 is 10.9 Å². The van der Waals surface area contributed by atoms with Crippen LogP contribution < -0.4 is 5.32 Å². The van der Waals surface area contributed by atoms with Crippen molar-refractivity contribution in [2.75, 3.05) is 13.6 Å². The smallest absolute Gasteiger partial charge is 0.147 e. The van der Waals surface area contributed by atoms with Crippen LogP contribution in [0.1, 0.15) is 84.3 Å². The molecule has 0 atom stereocenters. The van der Waals surface area contributed by atoms with Crippen LogP contribution in [-0.2, 0) is 0 Å². The largest absolute Gasteiger partial charge is 0.352 e. The molecule has 1 aliphatic carbocycles. The maximum atomic E-state index is 14.5. The first-order valence-corrected chi connectivity index (χ1v) is 13.1. The normalized spacial score (nSPS) is 15.6. The lowest BCUT2D eigenvalue weighted by Gasteiger charge is -2.36. The Kier molecular flexibility index (Phi) is 16.6. The highest BCUT2D eigenvalue weighted by Crippen LogP contribution is 2.48. The van der Waals surface area contributed by atoms with Gasteiger partial charge in [0.15, 0.2) is 0 Å². The van der Waals surface area contributed by atoms with Crippen molar-refractivity contribution in [1.82, 2.24) is 10.3 Å². The molecule has 2 N–H and O–H groups in total. The van der Waals surface area contributed by atoms with Gasteiger partial charge in [0.25, 0.3) is 0 Å². The van der Waals surface area contributed by atoms with Crippen LogP contribution in [0.2, 0.25) is 0 Å². The van der Waals surface area contributed by atoms with E-state index in [1.165, 1.54) is 30.5 Å². The summed E-state index contributed by atoms with van der Waals surface area (Å²) >= 11 is 0. The first-order chi connectivity index (χ1) is 16.9. The maximum absolute atomic E-state index is 14.5. The van der Waals surface area contributed by atoms with Gasteiger partial charge in [0, 0.05) is 5.39 Å². The summed E-state index contributed by atoms with van der Waals surface area (Å²) in [6.45, 7) is 21.4. The predicted octanol–water partition coefficient (Wildman–Crippen LogP) is 9.80. The van der Waals surface area contributed by atoms with Crippen LogP contribution >= 0.6 is 0 Å². The molecule has 2 aromatic carbocycles. The molecule has 1 aromatic heterocycles. The number of fused-ring (bicyclic) bond motifs is 1. The number of nitrogens with one attached hydrogen (secondary N) is 2. The molecule has 0 bridgehead atoms. The van der Waals surface area contributed by atoms with Crippen LogP contribution in [-0.4, -0.2) is 18.6 Å². The molecule has 0 saturated heterocycles. The second-order valence-corrected chi connectivity index (χ2v) is 8.60. The molecule has 0 unspecified atom stereocenters. The quantitative estimate of drug-likeness (QED) is 0.353. The zero-order valence-electron chi connectivity index (χ0n) is 23.3. The number of hydrogen-bond donors (Lipinski definition) is 2. The van der Waals surface area contributed by atoms with Gasteiger partial charge in [0.2, 0.25) is 0 Å². The summed E-state index contributed by atoms with van der Waals surface area (Å²) in [5, 5.41) is 4.20. The Labute approximate surface area is 213 Å². The lowest BCUT2D eigenvalue weighted by Crippen LogP contribution is -2.30. The first-order valence-electron chi connectivity index (χ1n) is 13.1. The van der Waals surface area contributed by atoms with Crippen molar-refractivity contribution < 1.29 is 8.78 Å². The van der Waals surface area contributed by atoms with Gasteiger partial charge < -0.3 is 10.3 Å². The van der Waals surface area contributed by atoms with Gasteiger partial charge in [-0.15, -0.1) is 13.2 Å².